The molecule has 0 radical (unpaired) electrons. The first-order valence-corrected chi connectivity index (χ1v) is 7.33. The summed E-state index contributed by atoms with van der Waals surface area (Å²) in [6, 6.07) is 8.37. The van der Waals surface area contributed by atoms with Crippen LogP contribution in [0.2, 0.25) is 0 Å². The quantitative estimate of drug-likeness (QED) is 0.770. The Kier molecular flexibility index (Phi) is 3.99. The van der Waals surface area contributed by atoms with Crippen LogP contribution in [0.25, 0.3) is 0 Å². The van der Waals surface area contributed by atoms with Gasteiger partial charge in [0.25, 0.3) is 0 Å². The maximum absolute atomic E-state index is 5.85. The van der Waals surface area contributed by atoms with E-state index in [1.165, 1.54) is 37.7 Å². The molecule has 1 heteroatoms. The molecule has 0 aliphatic heterocycles. The zero-order valence-electron chi connectivity index (χ0n) is 12.1. The zero-order chi connectivity index (χ0) is 13.2. The molecule has 1 aliphatic carbocycles. The average molecular weight is 245 g/mol. The van der Waals surface area contributed by atoms with Gasteiger partial charge in [0.2, 0.25) is 0 Å². The number of aryl methyl sites for hydroxylation is 1. The highest BCUT2D eigenvalue weighted by atomic mass is 14.5. The van der Waals surface area contributed by atoms with Crippen molar-refractivity contribution in [3.05, 3.63) is 29.8 Å². The Labute approximate surface area is 112 Å². The molecule has 1 fully saturated rings. The molecule has 0 amide bonds. The Morgan fingerprint density at radius 3 is 2.78 bits per heavy atom. The summed E-state index contributed by atoms with van der Waals surface area (Å²) in [6.45, 7) is 7.34. The van der Waals surface area contributed by atoms with E-state index in [0.717, 1.165) is 17.5 Å². The molecule has 1 aromatic rings. The zero-order valence-corrected chi connectivity index (χ0v) is 12.1. The normalized spacial score (nSPS) is 27.1. The van der Waals surface area contributed by atoms with Crippen molar-refractivity contribution in [3.8, 4) is 0 Å². The van der Waals surface area contributed by atoms with Crippen molar-refractivity contribution in [2.45, 2.75) is 52.9 Å². The molecule has 0 bridgehead atoms. The van der Waals surface area contributed by atoms with E-state index in [-0.39, 0.29) is 0 Å². The Hall–Kier alpha value is -0.980. The maximum Gasteiger partial charge on any atom is 0.0316 e. The summed E-state index contributed by atoms with van der Waals surface area (Å²) in [6.07, 6.45) is 6.67. The van der Waals surface area contributed by atoms with Crippen LogP contribution < -0.4 is 5.73 Å². The summed E-state index contributed by atoms with van der Waals surface area (Å²) in [5.74, 6) is 1.72. The van der Waals surface area contributed by atoms with E-state index in [2.05, 4.69) is 39.0 Å². The van der Waals surface area contributed by atoms with Crippen LogP contribution in [0, 0.1) is 17.3 Å². The lowest BCUT2D eigenvalue weighted by Gasteiger charge is -2.43. The molecule has 1 aliphatic rings. The van der Waals surface area contributed by atoms with Crippen molar-refractivity contribution in [1.82, 2.24) is 0 Å². The van der Waals surface area contributed by atoms with E-state index in [1.54, 1.807) is 0 Å². The summed E-state index contributed by atoms with van der Waals surface area (Å²) in [7, 11) is 0. The predicted octanol–water partition coefficient (Wildman–Crippen LogP) is 4.66. The number of hydrogen-bond acceptors (Lipinski definition) is 1. The molecule has 18 heavy (non-hydrogen) atoms. The highest BCUT2D eigenvalue weighted by molar-refractivity contribution is 5.40. The molecular formula is C17H27N. The van der Waals surface area contributed by atoms with Gasteiger partial charge in [0.15, 0.2) is 0 Å². The van der Waals surface area contributed by atoms with Crippen LogP contribution in [0.3, 0.4) is 0 Å². The van der Waals surface area contributed by atoms with E-state index < -0.39 is 0 Å². The monoisotopic (exact) mass is 245 g/mol. The van der Waals surface area contributed by atoms with Gasteiger partial charge in [0.05, 0.1) is 0 Å². The third-order valence-corrected chi connectivity index (χ3v) is 4.87. The van der Waals surface area contributed by atoms with E-state index in [1.807, 2.05) is 6.07 Å². The van der Waals surface area contributed by atoms with Crippen LogP contribution >= 0.6 is 0 Å². The van der Waals surface area contributed by atoms with Crippen LogP contribution in [0.1, 0.15) is 52.0 Å². The van der Waals surface area contributed by atoms with Crippen molar-refractivity contribution in [1.29, 1.82) is 0 Å². The third kappa shape index (κ3) is 3.07. The lowest BCUT2D eigenvalue weighted by molar-refractivity contribution is 0.0767. The summed E-state index contributed by atoms with van der Waals surface area (Å²) in [5.41, 5.74) is 8.64. The maximum atomic E-state index is 5.85. The average Bonchev–Trinajstić information content (AvgIpc) is 2.27. The molecule has 0 heterocycles. The summed E-state index contributed by atoms with van der Waals surface area (Å²) < 4.78 is 0. The highest BCUT2D eigenvalue weighted by Gasteiger charge is 2.36. The van der Waals surface area contributed by atoms with Crippen molar-refractivity contribution in [3.63, 3.8) is 0 Å². The van der Waals surface area contributed by atoms with Gasteiger partial charge in [-0.05, 0) is 54.2 Å². The van der Waals surface area contributed by atoms with Crippen molar-refractivity contribution in [2.24, 2.45) is 17.3 Å². The fourth-order valence-electron chi connectivity index (χ4n) is 3.78. The Bertz CT molecular complexity index is 394. The van der Waals surface area contributed by atoms with Gasteiger partial charge in [-0.1, -0.05) is 45.7 Å². The first-order chi connectivity index (χ1) is 8.49. The first-order valence-electron chi connectivity index (χ1n) is 7.33. The molecule has 1 aromatic carbocycles. The van der Waals surface area contributed by atoms with Gasteiger partial charge in [0.1, 0.15) is 0 Å². The Balaban J connectivity index is 2.00. The highest BCUT2D eigenvalue weighted by Crippen LogP contribution is 2.45. The van der Waals surface area contributed by atoms with E-state index in [9.17, 15) is 0 Å². The first kappa shape index (κ1) is 13.5. The second-order valence-electron chi connectivity index (χ2n) is 6.75. The number of benzene rings is 1. The van der Waals surface area contributed by atoms with Crippen molar-refractivity contribution < 1.29 is 0 Å². The van der Waals surface area contributed by atoms with Gasteiger partial charge in [-0.3, -0.25) is 0 Å². The topological polar surface area (TPSA) is 26.0 Å². The van der Waals surface area contributed by atoms with E-state index in [4.69, 9.17) is 5.73 Å². The summed E-state index contributed by atoms with van der Waals surface area (Å²) >= 11 is 0. The van der Waals surface area contributed by atoms with E-state index in [0.29, 0.717) is 5.41 Å². The second kappa shape index (κ2) is 5.34. The molecular weight excluding hydrogens is 218 g/mol. The van der Waals surface area contributed by atoms with Gasteiger partial charge in [0, 0.05) is 5.69 Å². The molecule has 2 unspecified atom stereocenters. The Morgan fingerprint density at radius 2 is 2.11 bits per heavy atom. The molecule has 2 N–H and O–H groups in total. The minimum Gasteiger partial charge on any atom is -0.399 e. The number of anilines is 1. The van der Waals surface area contributed by atoms with Gasteiger partial charge < -0.3 is 5.73 Å². The van der Waals surface area contributed by atoms with Crippen LogP contribution in [-0.4, -0.2) is 0 Å². The van der Waals surface area contributed by atoms with Crippen molar-refractivity contribution in [2.75, 3.05) is 5.73 Å². The third-order valence-electron chi connectivity index (χ3n) is 4.87. The predicted molar refractivity (Wildman–Crippen MR) is 79.5 cm³/mol. The van der Waals surface area contributed by atoms with Gasteiger partial charge in [-0.15, -0.1) is 0 Å². The van der Waals surface area contributed by atoms with Gasteiger partial charge in [-0.25, -0.2) is 0 Å². The minimum absolute atomic E-state index is 0.512. The Morgan fingerprint density at radius 1 is 1.33 bits per heavy atom. The SMILES string of the molecule is CC1CCCC(C)(C)C1CCc1cccc(N)c1. The molecule has 1 nitrogen and oxygen atoms in total. The fourth-order valence-corrected chi connectivity index (χ4v) is 3.78. The fraction of sp³-hybridized carbons (Fsp3) is 0.647. The lowest BCUT2D eigenvalue weighted by Crippen LogP contribution is -2.33. The smallest absolute Gasteiger partial charge is 0.0316 e. The molecule has 0 spiro atoms. The van der Waals surface area contributed by atoms with Crippen LogP contribution in [0.5, 0.6) is 0 Å². The number of hydrogen-bond donors (Lipinski definition) is 1. The molecule has 2 atom stereocenters. The van der Waals surface area contributed by atoms with Crippen molar-refractivity contribution >= 4 is 5.69 Å². The van der Waals surface area contributed by atoms with E-state index >= 15 is 0 Å². The lowest BCUT2D eigenvalue weighted by atomic mass is 9.62. The molecule has 1 saturated carbocycles. The standard InChI is InChI=1S/C17H27N/c1-13-6-5-11-17(2,3)16(13)10-9-14-7-4-8-15(18)12-14/h4,7-8,12-13,16H,5-6,9-11,18H2,1-3H3. The number of nitrogen functional groups attached to an aromatic ring is 1. The van der Waals surface area contributed by atoms with Gasteiger partial charge in [-0.2, -0.15) is 0 Å². The molecule has 100 valence electrons. The van der Waals surface area contributed by atoms with Crippen LogP contribution in [0.15, 0.2) is 24.3 Å². The molecule has 0 saturated heterocycles. The number of rotatable bonds is 3. The largest absolute Gasteiger partial charge is 0.399 e. The summed E-state index contributed by atoms with van der Waals surface area (Å²) in [4.78, 5) is 0. The van der Waals surface area contributed by atoms with Crippen LogP contribution in [0.4, 0.5) is 5.69 Å². The van der Waals surface area contributed by atoms with Crippen LogP contribution in [-0.2, 0) is 6.42 Å². The second-order valence-corrected chi connectivity index (χ2v) is 6.75. The number of nitrogens with two attached hydrogens (primary N) is 1. The molecule has 2 rings (SSSR count). The molecule has 0 aromatic heterocycles. The van der Waals surface area contributed by atoms with Gasteiger partial charge >= 0.3 is 0 Å². The minimum atomic E-state index is 0.512. The summed E-state index contributed by atoms with van der Waals surface area (Å²) in [5, 5.41) is 0.